The Morgan fingerprint density at radius 2 is 2.00 bits per heavy atom. The number of esters is 1. The van der Waals surface area contributed by atoms with Crippen molar-refractivity contribution in [3.8, 4) is 11.4 Å². The smallest absolute Gasteiger partial charge is 0.358 e. The zero-order chi connectivity index (χ0) is 16.4. The monoisotopic (exact) mass is 308 g/mol. The number of nitrogens with zero attached hydrogens (tertiary/aromatic N) is 1. The van der Waals surface area contributed by atoms with Crippen LogP contribution in [0.3, 0.4) is 0 Å². The Labute approximate surface area is 135 Å². The van der Waals surface area contributed by atoms with E-state index >= 15 is 0 Å². The van der Waals surface area contributed by atoms with Crippen LogP contribution in [-0.2, 0) is 11.2 Å². The summed E-state index contributed by atoms with van der Waals surface area (Å²) >= 11 is 0. The van der Waals surface area contributed by atoms with E-state index in [9.17, 15) is 4.79 Å². The first-order chi connectivity index (χ1) is 11.1. The molecule has 0 atom stereocenters. The van der Waals surface area contributed by atoms with Gasteiger partial charge in [-0.3, -0.25) is 0 Å². The van der Waals surface area contributed by atoms with Gasteiger partial charge in [-0.15, -0.1) is 0 Å². The van der Waals surface area contributed by atoms with E-state index in [4.69, 9.17) is 4.74 Å². The van der Waals surface area contributed by atoms with E-state index in [2.05, 4.69) is 41.2 Å². The topological polar surface area (TPSA) is 55.0 Å². The van der Waals surface area contributed by atoms with Crippen LogP contribution in [0.15, 0.2) is 36.4 Å². The molecule has 3 aromatic rings. The van der Waals surface area contributed by atoms with Gasteiger partial charge in [0.1, 0.15) is 5.82 Å². The number of carbonyl (C=O) groups is 1. The molecule has 3 rings (SSSR count). The number of nitrogens with one attached hydrogen (secondary N) is 1. The highest BCUT2D eigenvalue weighted by Gasteiger charge is 2.18. The van der Waals surface area contributed by atoms with Gasteiger partial charge in [-0.25, -0.2) is 9.78 Å². The normalized spacial score (nSPS) is 10.9. The molecule has 0 spiro atoms. The quantitative estimate of drug-likeness (QED) is 0.732. The molecule has 2 aromatic carbocycles. The Hall–Kier alpha value is -2.62. The molecule has 0 aliphatic carbocycles. The minimum atomic E-state index is -0.386. The minimum absolute atomic E-state index is 0.342. The molecule has 4 heteroatoms. The van der Waals surface area contributed by atoms with Crippen molar-refractivity contribution in [2.75, 3.05) is 6.61 Å². The second kappa shape index (κ2) is 6.24. The number of ether oxygens (including phenoxy) is 1. The summed E-state index contributed by atoms with van der Waals surface area (Å²) in [6.07, 6.45) is 0.947. The first kappa shape index (κ1) is 15.3. The van der Waals surface area contributed by atoms with Crippen molar-refractivity contribution >= 4 is 16.7 Å². The van der Waals surface area contributed by atoms with Gasteiger partial charge in [-0.05, 0) is 42.7 Å². The summed E-state index contributed by atoms with van der Waals surface area (Å²) in [7, 11) is 0. The van der Waals surface area contributed by atoms with E-state index in [1.54, 1.807) is 6.92 Å². The third-order valence-corrected chi connectivity index (χ3v) is 3.94. The van der Waals surface area contributed by atoms with Gasteiger partial charge in [0.25, 0.3) is 0 Å². The van der Waals surface area contributed by atoms with Crippen LogP contribution in [0.5, 0.6) is 0 Å². The Morgan fingerprint density at radius 1 is 1.22 bits per heavy atom. The molecule has 0 fully saturated rings. The van der Waals surface area contributed by atoms with Gasteiger partial charge in [-0.2, -0.15) is 0 Å². The molecular weight excluding hydrogens is 288 g/mol. The summed E-state index contributed by atoms with van der Waals surface area (Å²) in [5, 5.41) is 2.29. The van der Waals surface area contributed by atoms with Crippen molar-refractivity contribution in [2.45, 2.75) is 27.2 Å². The van der Waals surface area contributed by atoms with Crippen molar-refractivity contribution in [3.05, 3.63) is 53.3 Å². The maximum Gasteiger partial charge on any atom is 0.358 e. The lowest BCUT2D eigenvalue weighted by Gasteiger charge is -2.07. The summed E-state index contributed by atoms with van der Waals surface area (Å²) in [4.78, 5) is 19.7. The van der Waals surface area contributed by atoms with E-state index in [1.807, 2.05) is 19.1 Å². The van der Waals surface area contributed by atoms with Gasteiger partial charge in [0, 0.05) is 11.3 Å². The van der Waals surface area contributed by atoms with Gasteiger partial charge >= 0.3 is 5.97 Å². The van der Waals surface area contributed by atoms with Crippen LogP contribution in [0.2, 0.25) is 0 Å². The largest absolute Gasteiger partial charge is 0.461 e. The molecule has 23 heavy (non-hydrogen) atoms. The zero-order valence-corrected chi connectivity index (χ0v) is 13.6. The number of hydrogen-bond acceptors (Lipinski definition) is 3. The highest BCUT2D eigenvalue weighted by Crippen LogP contribution is 2.29. The molecule has 1 heterocycles. The summed E-state index contributed by atoms with van der Waals surface area (Å²) in [6, 6.07) is 12.5. The highest BCUT2D eigenvalue weighted by atomic mass is 16.5. The second-order valence-electron chi connectivity index (χ2n) is 5.50. The SMILES string of the molecule is CCOC(=O)c1nc(-c2cc(CC)cc3ccccc23)[nH]c1C. The van der Waals surface area contributed by atoms with Crippen molar-refractivity contribution in [1.29, 1.82) is 0 Å². The van der Waals surface area contributed by atoms with E-state index in [-0.39, 0.29) is 5.97 Å². The first-order valence-corrected chi connectivity index (χ1v) is 7.89. The highest BCUT2D eigenvalue weighted by molar-refractivity contribution is 5.97. The lowest BCUT2D eigenvalue weighted by Crippen LogP contribution is -2.06. The van der Waals surface area contributed by atoms with Gasteiger partial charge in [0.2, 0.25) is 0 Å². The molecular formula is C19H20N2O2. The Morgan fingerprint density at radius 3 is 2.74 bits per heavy atom. The maximum atomic E-state index is 12.0. The summed E-state index contributed by atoms with van der Waals surface area (Å²) in [6.45, 7) is 6.10. The molecule has 0 saturated heterocycles. The van der Waals surface area contributed by atoms with Crippen LogP contribution < -0.4 is 0 Å². The number of benzene rings is 2. The number of aryl methyl sites for hydroxylation is 2. The number of aromatic amines is 1. The molecule has 0 bridgehead atoms. The van der Waals surface area contributed by atoms with Crippen molar-refractivity contribution in [3.63, 3.8) is 0 Å². The molecule has 1 aromatic heterocycles. The fourth-order valence-electron chi connectivity index (χ4n) is 2.76. The molecule has 0 unspecified atom stereocenters. The van der Waals surface area contributed by atoms with Crippen molar-refractivity contribution in [2.24, 2.45) is 0 Å². The van der Waals surface area contributed by atoms with Gasteiger partial charge < -0.3 is 9.72 Å². The lowest BCUT2D eigenvalue weighted by molar-refractivity contribution is 0.0519. The molecule has 1 N–H and O–H groups in total. The van der Waals surface area contributed by atoms with Crippen LogP contribution in [0.1, 0.15) is 35.6 Å². The summed E-state index contributed by atoms with van der Waals surface area (Å²) in [5.41, 5.74) is 3.33. The fraction of sp³-hybridized carbons (Fsp3) is 0.263. The number of hydrogen-bond donors (Lipinski definition) is 1. The second-order valence-corrected chi connectivity index (χ2v) is 5.50. The van der Waals surface area contributed by atoms with Gasteiger partial charge in [0.05, 0.1) is 6.61 Å². The molecule has 0 aliphatic rings. The maximum absolute atomic E-state index is 12.0. The van der Waals surface area contributed by atoms with Gasteiger partial charge in [0.15, 0.2) is 5.69 Å². The first-order valence-electron chi connectivity index (χ1n) is 7.89. The van der Waals surface area contributed by atoms with E-state index in [0.717, 1.165) is 23.1 Å². The van der Waals surface area contributed by atoms with Crippen LogP contribution in [0.25, 0.3) is 22.2 Å². The van der Waals surface area contributed by atoms with E-state index in [1.165, 1.54) is 10.9 Å². The standard InChI is InChI=1S/C19H20N2O2/c1-4-13-10-14-8-6-7-9-15(14)16(11-13)18-20-12(3)17(21-18)19(22)23-5-2/h6-11H,4-5H2,1-3H3,(H,20,21). The number of carbonyl (C=O) groups excluding carboxylic acids is 1. The lowest BCUT2D eigenvalue weighted by atomic mass is 9.99. The number of rotatable bonds is 4. The van der Waals surface area contributed by atoms with Crippen LogP contribution in [0, 0.1) is 6.92 Å². The summed E-state index contributed by atoms with van der Waals surface area (Å²) in [5.74, 6) is 0.320. The van der Waals surface area contributed by atoms with Crippen molar-refractivity contribution in [1.82, 2.24) is 9.97 Å². The fourth-order valence-corrected chi connectivity index (χ4v) is 2.76. The number of imidazole rings is 1. The number of fused-ring (bicyclic) bond motifs is 1. The predicted molar refractivity (Wildman–Crippen MR) is 91.6 cm³/mol. The average Bonchev–Trinajstić information content (AvgIpc) is 2.95. The molecule has 4 nitrogen and oxygen atoms in total. The minimum Gasteiger partial charge on any atom is -0.461 e. The predicted octanol–water partition coefficient (Wildman–Crippen LogP) is 4.28. The van der Waals surface area contributed by atoms with Gasteiger partial charge in [-0.1, -0.05) is 37.3 Å². The molecule has 0 saturated carbocycles. The molecule has 0 amide bonds. The van der Waals surface area contributed by atoms with Crippen LogP contribution >= 0.6 is 0 Å². The Balaban J connectivity index is 2.17. The molecule has 0 radical (unpaired) electrons. The zero-order valence-electron chi connectivity index (χ0n) is 13.6. The van der Waals surface area contributed by atoms with Crippen LogP contribution in [0.4, 0.5) is 0 Å². The third kappa shape index (κ3) is 2.84. The number of aromatic nitrogens is 2. The third-order valence-electron chi connectivity index (χ3n) is 3.94. The van der Waals surface area contributed by atoms with Crippen LogP contribution in [-0.4, -0.2) is 22.5 Å². The molecule has 118 valence electrons. The van der Waals surface area contributed by atoms with Crippen molar-refractivity contribution < 1.29 is 9.53 Å². The summed E-state index contributed by atoms with van der Waals surface area (Å²) < 4.78 is 5.07. The molecule has 0 aliphatic heterocycles. The average molecular weight is 308 g/mol. The van der Waals surface area contributed by atoms with E-state index < -0.39 is 0 Å². The number of H-pyrrole nitrogens is 1. The Bertz CT molecular complexity index is 865. The Kier molecular flexibility index (Phi) is 4.15. The van der Waals surface area contributed by atoms with E-state index in [0.29, 0.717) is 18.1 Å².